The highest BCUT2D eigenvalue weighted by atomic mass is 19.4. The molecule has 3 aromatic heterocycles. The van der Waals surface area contributed by atoms with Gasteiger partial charge in [0.1, 0.15) is 17.2 Å². The summed E-state index contributed by atoms with van der Waals surface area (Å²) in [7, 11) is 0. The summed E-state index contributed by atoms with van der Waals surface area (Å²) < 4.78 is 52.4. The molecule has 0 unspecified atom stereocenters. The van der Waals surface area contributed by atoms with Crippen molar-refractivity contribution in [1.82, 2.24) is 14.7 Å². The van der Waals surface area contributed by atoms with Gasteiger partial charge in [0.05, 0.1) is 11.3 Å². The van der Waals surface area contributed by atoms with Crippen LogP contribution in [0.2, 0.25) is 0 Å². The van der Waals surface area contributed by atoms with Crippen LogP contribution in [0.4, 0.5) is 13.2 Å². The molecule has 2 saturated carbocycles. The molecule has 4 aromatic rings. The molecule has 0 saturated heterocycles. The molecule has 1 N–H and O–H groups in total. The van der Waals surface area contributed by atoms with Crippen molar-refractivity contribution in [3.8, 4) is 28.0 Å². The van der Waals surface area contributed by atoms with Crippen molar-refractivity contribution >= 4 is 17.0 Å². The van der Waals surface area contributed by atoms with E-state index in [2.05, 4.69) is 14.5 Å². The Morgan fingerprint density at radius 1 is 1.11 bits per heavy atom. The fraction of sp³-hybridized carbons (Fsp3) is 0.393. The summed E-state index contributed by atoms with van der Waals surface area (Å²) in [5.74, 6) is -0.269. The molecule has 2 aliphatic rings. The molecule has 0 radical (unpaired) electrons. The van der Waals surface area contributed by atoms with Crippen LogP contribution in [0.5, 0.6) is 5.75 Å². The highest BCUT2D eigenvalue weighted by Gasteiger charge is 2.44. The Morgan fingerprint density at radius 3 is 2.34 bits per heavy atom. The molecule has 0 atom stereocenters. The third-order valence-electron chi connectivity index (χ3n) is 7.64. The van der Waals surface area contributed by atoms with Gasteiger partial charge in [0, 0.05) is 45.6 Å². The van der Waals surface area contributed by atoms with Crippen LogP contribution in [0.1, 0.15) is 59.2 Å². The van der Waals surface area contributed by atoms with Gasteiger partial charge >= 0.3 is 12.3 Å². The number of hydrogen-bond acceptors (Lipinski definition) is 5. The van der Waals surface area contributed by atoms with Gasteiger partial charge in [-0.3, -0.25) is 0 Å². The van der Waals surface area contributed by atoms with E-state index in [0.717, 1.165) is 48.6 Å². The minimum atomic E-state index is -5.00. The van der Waals surface area contributed by atoms with E-state index in [4.69, 9.17) is 9.51 Å². The second-order valence-electron chi connectivity index (χ2n) is 10.4. The zero-order valence-corrected chi connectivity index (χ0v) is 21.1. The molecule has 38 heavy (non-hydrogen) atoms. The number of carbonyl (C=O) groups is 1. The van der Waals surface area contributed by atoms with Crippen molar-refractivity contribution in [2.24, 2.45) is 11.8 Å². The summed E-state index contributed by atoms with van der Waals surface area (Å²) in [5, 5.41) is 14.1. The molecule has 7 nitrogen and oxygen atoms in total. The standard InChI is InChI=1S/C28H26F3N3O4/c1-13-23(15(3)38-33-13)19-10-21-24(20-9-8-18(27(35)36)11-22(20)37-28(29,30)31)14(2)34(26(21)32-12-19)25(16-4-5-16)17-6-7-17/h8-12,16-17,25H,4-7H2,1-3H3,(H,35,36). The van der Waals surface area contributed by atoms with Crippen LogP contribution in [0, 0.1) is 32.6 Å². The molecule has 6 rings (SSSR count). The number of carboxylic acids is 1. The van der Waals surface area contributed by atoms with Crippen molar-refractivity contribution in [3.05, 3.63) is 53.2 Å². The predicted octanol–water partition coefficient (Wildman–Crippen LogP) is 7.24. The Kier molecular flexibility index (Phi) is 5.55. The Bertz CT molecular complexity index is 1550. The summed E-state index contributed by atoms with van der Waals surface area (Å²) in [4.78, 5) is 16.4. The van der Waals surface area contributed by atoms with E-state index < -0.39 is 18.1 Å². The van der Waals surface area contributed by atoms with Crippen LogP contribution in [0.15, 0.2) is 35.0 Å². The summed E-state index contributed by atoms with van der Waals surface area (Å²) in [5.41, 5.74) is 4.09. The number of aryl methyl sites for hydroxylation is 2. The smallest absolute Gasteiger partial charge is 0.478 e. The molecule has 198 valence electrons. The fourth-order valence-corrected chi connectivity index (χ4v) is 5.80. The number of aromatic nitrogens is 3. The van der Waals surface area contributed by atoms with Crippen LogP contribution in [0.3, 0.4) is 0 Å². The maximum Gasteiger partial charge on any atom is 0.573 e. The van der Waals surface area contributed by atoms with Crippen molar-refractivity contribution in [1.29, 1.82) is 0 Å². The monoisotopic (exact) mass is 525 g/mol. The summed E-state index contributed by atoms with van der Waals surface area (Å²) in [6.07, 6.45) is 1.21. The predicted molar refractivity (Wildman–Crippen MR) is 133 cm³/mol. The lowest BCUT2D eigenvalue weighted by Gasteiger charge is -2.21. The van der Waals surface area contributed by atoms with Gasteiger partial charge in [-0.2, -0.15) is 0 Å². The van der Waals surface area contributed by atoms with Crippen molar-refractivity contribution in [2.45, 2.75) is 58.9 Å². The van der Waals surface area contributed by atoms with Crippen LogP contribution in [-0.4, -0.2) is 32.1 Å². The molecule has 1 aromatic carbocycles. The lowest BCUT2D eigenvalue weighted by molar-refractivity contribution is -0.274. The summed E-state index contributed by atoms with van der Waals surface area (Å²) in [6, 6.07) is 5.75. The average Bonchev–Trinajstić information content (AvgIpc) is 3.77. The van der Waals surface area contributed by atoms with Gasteiger partial charge in [0.2, 0.25) is 0 Å². The van der Waals surface area contributed by atoms with E-state index in [9.17, 15) is 23.1 Å². The molecule has 0 amide bonds. The fourth-order valence-electron chi connectivity index (χ4n) is 5.80. The second-order valence-corrected chi connectivity index (χ2v) is 10.4. The third kappa shape index (κ3) is 4.21. The summed E-state index contributed by atoms with van der Waals surface area (Å²) >= 11 is 0. The first-order valence-electron chi connectivity index (χ1n) is 12.6. The number of pyridine rings is 1. The number of aromatic carboxylic acids is 1. The Morgan fingerprint density at radius 2 is 1.79 bits per heavy atom. The van der Waals surface area contributed by atoms with Crippen LogP contribution < -0.4 is 4.74 Å². The van der Waals surface area contributed by atoms with Crippen molar-refractivity contribution < 1.29 is 32.3 Å². The first-order valence-corrected chi connectivity index (χ1v) is 12.6. The van der Waals surface area contributed by atoms with Gasteiger partial charge in [0.15, 0.2) is 0 Å². The third-order valence-corrected chi connectivity index (χ3v) is 7.64. The highest BCUT2D eigenvalue weighted by Crippen LogP contribution is 2.55. The number of ether oxygens (including phenoxy) is 1. The molecular formula is C28H26F3N3O4. The van der Waals surface area contributed by atoms with E-state index in [-0.39, 0.29) is 17.2 Å². The Hall–Kier alpha value is -3.82. The Balaban J connectivity index is 1.64. The number of rotatable bonds is 7. The maximum absolute atomic E-state index is 13.5. The van der Waals surface area contributed by atoms with Gasteiger partial charge in [-0.15, -0.1) is 13.2 Å². The molecule has 2 fully saturated rings. The minimum Gasteiger partial charge on any atom is -0.478 e. The van der Waals surface area contributed by atoms with Gasteiger partial charge in [-0.1, -0.05) is 5.16 Å². The van der Waals surface area contributed by atoms with E-state index in [0.29, 0.717) is 39.9 Å². The highest BCUT2D eigenvalue weighted by molar-refractivity contribution is 6.01. The van der Waals surface area contributed by atoms with Gasteiger partial charge in [-0.05, 0) is 82.6 Å². The lowest BCUT2D eigenvalue weighted by atomic mass is 9.98. The number of alkyl halides is 3. The van der Waals surface area contributed by atoms with E-state index >= 15 is 0 Å². The maximum atomic E-state index is 13.5. The van der Waals surface area contributed by atoms with E-state index in [1.165, 1.54) is 12.1 Å². The van der Waals surface area contributed by atoms with E-state index in [1.807, 2.05) is 19.9 Å². The number of fused-ring (bicyclic) bond motifs is 1. The van der Waals surface area contributed by atoms with Gasteiger partial charge in [-0.25, -0.2) is 9.78 Å². The Labute approximate surface area is 216 Å². The molecule has 0 bridgehead atoms. The minimum absolute atomic E-state index is 0.164. The van der Waals surface area contributed by atoms with Crippen molar-refractivity contribution in [2.75, 3.05) is 0 Å². The topological polar surface area (TPSA) is 90.4 Å². The zero-order chi connectivity index (χ0) is 26.9. The second kappa shape index (κ2) is 8.61. The average molecular weight is 526 g/mol. The number of hydrogen-bond donors (Lipinski definition) is 1. The quantitative estimate of drug-likeness (QED) is 0.274. The van der Waals surface area contributed by atoms with Crippen LogP contribution in [-0.2, 0) is 0 Å². The molecule has 10 heteroatoms. The van der Waals surface area contributed by atoms with Crippen LogP contribution >= 0.6 is 0 Å². The summed E-state index contributed by atoms with van der Waals surface area (Å²) in [6.45, 7) is 5.52. The number of nitrogens with zero attached hydrogens (tertiary/aromatic N) is 3. The SMILES string of the molecule is Cc1noc(C)c1-c1cnc2c(c1)c(-c1ccc(C(=O)O)cc1OC(F)(F)F)c(C)n2C(C1CC1)C1CC1. The number of halogens is 3. The number of carboxylic acid groups (broad SMARTS) is 1. The normalized spacial score (nSPS) is 16.0. The molecular weight excluding hydrogens is 499 g/mol. The molecule has 3 heterocycles. The van der Waals surface area contributed by atoms with Gasteiger partial charge < -0.3 is 18.9 Å². The number of benzene rings is 1. The van der Waals surface area contributed by atoms with Crippen molar-refractivity contribution in [3.63, 3.8) is 0 Å². The first-order chi connectivity index (χ1) is 18.0. The molecule has 2 aliphatic carbocycles. The van der Waals surface area contributed by atoms with E-state index in [1.54, 1.807) is 13.1 Å². The van der Waals surface area contributed by atoms with Gasteiger partial charge in [0.25, 0.3) is 0 Å². The lowest BCUT2D eigenvalue weighted by Crippen LogP contribution is -2.18. The largest absolute Gasteiger partial charge is 0.573 e. The first kappa shape index (κ1) is 24.5. The molecule has 0 aliphatic heterocycles. The molecule has 0 spiro atoms. The zero-order valence-electron chi connectivity index (χ0n) is 21.1. The van der Waals surface area contributed by atoms with Crippen LogP contribution in [0.25, 0.3) is 33.3 Å².